The third-order valence-electron chi connectivity index (χ3n) is 13.4. The monoisotopic (exact) mass is 1050 g/mol. The van der Waals surface area contributed by atoms with E-state index in [1.807, 2.05) is 55.4 Å². The van der Waals surface area contributed by atoms with Gasteiger partial charge in [0.15, 0.2) is 24.4 Å². The summed E-state index contributed by atoms with van der Waals surface area (Å²) in [4.78, 5) is 121. The fourth-order valence-electron chi connectivity index (χ4n) is 9.08. The SMILES string of the molecule is CC(C)C[C@H]1C(=O)O[C@H](Cc2ccc(Cc3occc3C#N)cc2)C(=O)N(C)[C@@H](CC(C)C)C(=O)O[C@H](C)C(=O)N(C)[C@@H](CC(C)C)C(=O)O[C@H](Cc2ccccc2)C(=O)N(C)[C@@H](CC(C)C)C(=O)O[C@H](C)C(=O)N1C. The van der Waals surface area contributed by atoms with Crippen LogP contribution in [-0.2, 0) is 76.6 Å². The van der Waals surface area contributed by atoms with E-state index in [9.17, 15) is 43.6 Å². The number of cyclic esters (lactones) is 4. The molecule has 1 aliphatic rings. The molecule has 1 aromatic heterocycles. The van der Waals surface area contributed by atoms with Gasteiger partial charge >= 0.3 is 23.9 Å². The Balaban J connectivity index is 1.86. The lowest BCUT2D eigenvalue weighted by atomic mass is 9.99. The molecule has 18 heteroatoms. The zero-order valence-corrected chi connectivity index (χ0v) is 46.8. The number of hydrogen-bond donors (Lipinski definition) is 0. The molecule has 0 aliphatic carbocycles. The number of carbonyl (C=O) groups excluding carboxylic acids is 8. The molecule has 414 valence electrons. The van der Waals surface area contributed by atoms with E-state index in [1.54, 1.807) is 60.7 Å². The van der Waals surface area contributed by atoms with E-state index in [4.69, 9.17) is 23.4 Å². The number of amides is 4. The highest BCUT2D eigenvalue weighted by Crippen LogP contribution is 2.25. The highest BCUT2D eigenvalue weighted by molar-refractivity contribution is 5.94. The third kappa shape index (κ3) is 17.0. The van der Waals surface area contributed by atoms with Crippen molar-refractivity contribution in [2.24, 2.45) is 23.7 Å². The average molecular weight is 1050 g/mol. The van der Waals surface area contributed by atoms with E-state index in [1.165, 1.54) is 48.3 Å². The van der Waals surface area contributed by atoms with Crippen molar-refractivity contribution in [3.05, 3.63) is 94.9 Å². The molecule has 0 radical (unpaired) electrons. The Labute approximate surface area is 448 Å². The molecule has 0 spiro atoms. The van der Waals surface area contributed by atoms with Gasteiger partial charge in [-0.05, 0) is 86.0 Å². The highest BCUT2D eigenvalue weighted by Gasteiger charge is 2.43. The van der Waals surface area contributed by atoms with Crippen LogP contribution in [-0.4, -0.2) is 144 Å². The maximum absolute atomic E-state index is 14.9. The number of rotatable bonds is 14. The second-order valence-electron chi connectivity index (χ2n) is 21.6. The zero-order chi connectivity index (χ0) is 56.7. The number of ether oxygens (including phenoxy) is 4. The van der Waals surface area contributed by atoms with Gasteiger partial charge in [0.2, 0.25) is 0 Å². The summed E-state index contributed by atoms with van der Waals surface area (Å²) in [6.07, 6.45) is -4.23. The molecule has 1 aliphatic heterocycles. The summed E-state index contributed by atoms with van der Waals surface area (Å²) in [5.41, 5.74) is 2.38. The molecule has 1 fully saturated rings. The van der Waals surface area contributed by atoms with Crippen LogP contribution in [0.1, 0.15) is 123 Å². The molecule has 76 heavy (non-hydrogen) atoms. The van der Waals surface area contributed by atoms with Crippen LogP contribution in [0.15, 0.2) is 71.3 Å². The summed E-state index contributed by atoms with van der Waals surface area (Å²) >= 11 is 0. The first-order valence-electron chi connectivity index (χ1n) is 26.2. The van der Waals surface area contributed by atoms with Gasteiger partial charge in [0.25, 0.3) is 23.6 Å². The molecule has 2 heterocycles. The lowest BCUT2D eigenvalue weighted by Gasteiger charge is -2.35. The number of furan rings is 1. The number of esters is 4. The molecule has 1 saturated heterocycles. The quantitative estimate of drug-likeness (QED) is 0.121. The predicted molar refractivity (Wildman–Crippen MR) is 281 cm³/mol. The van der Waals surface area contributed by atoms with Crippen molar-refractivity contribution in [2.75, 3.05) is 28.2 Å². The van der Waals surface area contributed by atoms with Crippen LogP contribution in [0.2, 0.25) is 0 Å². The Kier molecular flexibility index (Phi) is 22.8. The van der Waals surface area contributed by atoms with Crippen LogP contribution in [0, 0.1) is 35.0 Å². The van der Waals surface area contributed by atoms with E-state index in [0.717, 1.165) is 25.2 Å². The molecule has 0 bridgehead atoms. The summed E-state index contributed by atoms with van der Waals surface area (Å²) < 4.78 is 29.5. The van der Waals surface area contributed by atoms with Gasteiger partial charge in [0, 0.05) is 47.5 Å². The van der Waals surface area contributed by atoms with Crippen molar-refractivity contribution in [3.63, 3.8) is 0 Å². The predicted octanol–water partition coefficient (Wildman–Crippen LogP) is 6.72. The Morgan fingerprint density at radius 3 is 1.14 bits per heavy atom. The summed E-state index contributed by atoms with van der Waals surface area (Å²) in [6, 6.07) is 14.4. The fourth-order valence-corrected chi connectivity index (χ4v) is 9.08. The van der Waals surface area contributed by atoms with E-state index in [2.05, 4.69) is 6.07 Å². The van der Waals surface area contributed by atoms with Crippen molar-refractivity contribution in [1.29, 1.82) is 5.26 Å². The molecule has 2 aromatic carbocycles. The Morgan fingerprint density at radius 2 is 0.789 bits per heavy atom. The number of carbonyl (C=O) groups is 8. The lowest BCUT2D eigenvalue weighted by molar-refractivity contribution is -0.176. The molecular weight excluding hydrogens is 975 g/mol. The summed E-state index contributed by atoms with van der Waals surface area (Å²) in [5.74, 6) is -7.02. The van der Waals surface area contributed by atoms with Crippen LogP contribution < -0.4 is 0 Å². The Morgan fingerprint density at radius 1 is 0.461 bits per heavy atom. The van der Waals surface area contributed by atoms with Gasteiger partial charge in [-0.25, -0.2) is 19.2 Å². The number of likely N-dealkylation sites (N-methyl/N-ethyl adjacent to an activating group) is 4. The second-order valence-corrected chi connectivity index (χ2v) is 21.6. The average Bonchev–Trinajstić information content (AvgIpc) is 3.82. The zero-order valence-electron chi connectivity index (χ0n) is 46.8. The first kappa shape index (κ1) is 61.5. The van der Waals surface area contributed by atoms with Crippen LogP contribution in [0.4, 0.5) is 0 Å². The van der Waals surface area contributed by atoms with Gasteiger partial charge in [-0.1, -0.05) is 110 Å². The maximum atomic E-state index is 14.9. The van der Waals surface area contributed by atoms with Crippen molar-refractivity contribution in [1.82, 2.24) is 19.6 Å². The number of nitriles is 1. The molecule has 4 rings (SSSR count). The van der Waals surface area contributed by atoms with Gasteiger partial charge < -0.3 is 43.0 Å². The summed E-state index contributed by atoms with van der Waals surface area (Å²) in [7, 11) is 5.51. The van der Waals surface area contributed by atoms with Crippen molar-refractivity contribution >= 4 is 47.5 Å². The molecule has 0 unspecified atom stereocenters. The largest absolute Gasteiger partial charge is 0.468 e. The van der Waals surface area contributed by atoms with E-state index in [0.29, 0.717) is 28.9 Å². The van der Waals surface area contributed by atoms with Crippen LogP contribution in [0.3, 0.4) is 0 Å². The summed E-state index contributed by atoms with van der Waals surface area (Å²) in [5, 5.41) is 9.51. The van der Waals surface area contributed by atoms with E-state index < -0.39 is 96.1 Å². The molecular formula is C58H79N5O13. The second kappa shape index (κ2) is 28.2. The Bertz CT molecular complexity index is 2500. The minimum absolute atomic E-state index is 0.0695. The first-order valence-corrected chi connectivity index (χ1v) is 26.2. The van der Waals surface area contributed by atoms with Crippen LogP contribution in [0.5, 0.6) is 0 Å². The minimum atomic E-state index is -1.57. The smallest absolute Gasteiger partial charge is 0.329 e. The van der Waals surface area contributed by atoms with Crippen molar-refractivity contribution in [3.8, 4) is 6.07 Å². The van der Waals surface area contributed by atoms with Crippen LogP contribution >= 0.6 is 0 Å². The molecule has 4 amide bonds. The van der Waals surface area contributed by atoms with Gasteiger partial charge in [0.05, 0.1) is 11.8 Å². The standard InChI is InChI=1S/C58H79N5O13/c1-34(2)26-44-55(68)73-39(10)52(65)61(12)47(29-37(7)8)58(71)76-50(32-42-22-20-41(21-23-42)30-48-43(33-59)24-25-72-48)54(67)63(14)45(27-35(3)4)56(69)74-38(9)51(64)60(11)46(28-36(5)6)57(70)75-49(53(66)62(44)13)31-40-18-16-15-17-19-40/h15-25,34-39,44-47,49-50H,26-32H2,1-14H3/t38-,39-,44+,45+,46+,47+,49-,50-/m1/s1. The van der Waals surface area contributed by atoms with Crippen molar-refractivity contribution in [2.45, 2.75) is 163 Å². The van der Waals surface area contributed by atoms with Crippen LogP contribution in [0.25, 0.3) is 0 Å². The van der Waals surface area contributed by atoms with E-state index in [-0.39, 0.29) is 62.2 Å². The lowest BCUT2D eigenvalue weighted by Crippen LogP contribution is -2.55. The van der Waals surface area contributed by atoms with Gasteiger partial charge in [-0.3, -0.25) is 19.2 Å². The normalized spacial score (nSPS) is 23.7. The van der Waals surface area contributed by atoms with Crippen molar-refractivity contribution < 1.29 is 61.7 Å². The molecule has 0 saturated carbocycles. The summed E-state index contributed by atoms with van der Waals surface area (Å²) in [6.45, 7) is 17.4. The fraction of sp³-hybridized carbons (Fsp3) is 0.569. The molecule has 3 aromatic rings. The number of nitrogens with zero attached hydrogens (tertiary/aromatic N) is 5. The topological polar surface area (TPSA) is 223 Å². The Hall–Kier alpha value is -7.03. The first-order chi connectivity index (χ1) is 35.7. The van der Waals surface area contributed by atoms with Gasteiger partial charge in [0.1, 0.15) is 36.0 Å². The van der Waals surface area contributed by atoms with Gasteiger partial charge in [-0.2, -0.15) is 5.26 Å². The molecule has 0 N–H and O–H groups in total. The number of hydrogen-bond acceptors (Lipinski definition) is 14. The molecule has 18 nitrogen and oxygen atoms in total. The minimum Gasteiger partial charge on any atom is -0.468 e. The third-order valence-corrected chi connectivity index (χ3v) is 13.4. The maximum Gasteiger partial charge on any atom is 0.329 e. The molecule has 8 atom stereocenters. The number of benzene rings is 2. The van der Waals surface area contributed by atoms with Gasteiger partial charge in [-0.15, -0.1) is 0 Å². The van der Waals surface area contributed by atoms with E-state index >= 15 is 0 Å². The highest BCUT2D eigenvalue weighted by atomic mass is 16.6.